The van der Waals surface area contributed by atoms with Crippen molar-refractivity contribution in [2.75, 3.05) is 26.4 Å². The molecule has 7 heteroatoms. The molecule has 0 fully saturated rings. The maximum atomic E-state index is 12.0. The van der Waals surface area contributed by atoms with Crippen molar-refractivity contribution in [3.63, 3.8) is 0 Å². The number of urea groups is 1. The minimum absolute atomic E-state index is 0.0783. The largest absolute Gasteiger partial charge is 0.359 e. The molecule has 0 spiro atoms. The lowest BCUT2D eigenvalue weighted by Crippen LogP contribution is -2.44. The van der Waals surface area contributed by atoms with Crippen LogP contribution in [0.2, 0.25) is 5.02 Å². The lowest BCUT2D eigenvalue weighted by Gasteiger charge is -2.24. The number of nitrogens with one attached hydrogen (secondary N) is 2. The van der Waals surface area contributed by atoms with E-state index in [0.29, 0.717) is 18.0 Å². The van der Waals surface area contributed by atoms with Crippen molar-refractivity contribution >= 4 is 35.3 Å². The Balaban J connectivity index is 2.27. The van der Waals surface area contributed by atoms with Crippen LogP contribution in [0, 0.1) is 0 Å². The standard InChI is InChI=1S/C15H22ClN3O2S/c1-11(10-14(20)17-2)19(3)15(21)18-8-9-22-13-6-4-12(16)5-7-13/h4-7,11H,8-10H2,1-3H3,(H,17,20)(H,18,21). The first-order chi connectivity index (χ1) is 10.4. The monoisotopic (exact) mass is 343 g/mol. The lowest BCUT2D eigenvalue weighted by molar-refractivity contribution is -0.121. The van der Waals surface area contributed by atoms with Crippen molar-refractivity contribution in [3.05, 3.63) is 29.3 Å². The van der Waals surface area contributed by atoms with Crippen molar-refractivity contribution in [3.8, 4) is 0 Å². The van der Waals surface area contributed by atoms with Gasteiger partial charge < -0.3 is 15.5 Å². The Bertz CT molecular complexity index is 496. The average molecular weight is 344 g/mol. The van der Waals surface area contributed by atoms with Gasteiger partial charge in [0.2, 0.25) is 5.91 Å². The Kier molecular flexibility index (Phi) is 8.12. The number of hydrogen-bond donors (Lipinski definition) is 2. The van der Waals surface area contributed by atoms with Crippen LogP contribution in [0.4, 0.5) is 4.79 Å². The Labute approximate surface area is 140 Å². The van der Waals surface area contributed by atoms with Gasteiger partial charge in [0, 0.05) is 48.8 Å². The molecule has 22 heavy (non-hydrogen) atoms. The topological polar surface area (TPSA) is 61.4 Å². The van der Waals surface area contributed by atoms with E-state index in [9.17, 15) is 9.59 Å². The van der Waals surface area contributed by atoms with Crippen LogP contribution in [0.25, 0.3) is 0 Å². The predicted octanol–water partition coefficient (Wildman–Crippen LogP) is 2.60. The highest BCUT2D eigenvalue weighted by molar-refractivity contribution is 7.99. The molecule has 1 aromatic rings. The van der Waals surface area contributed by atoms with Gasteiger partial charge in [-0.1, -0.05) is 11.6 Å². The zero-order valence-electron chi connectivity index (χ0n) is 13.1. The van der Waals surface area contributed by atoms with Gasteiger partial charge in [-0.2, -0.15) is 0 Å². The molecule has 0 aliphatic rings. The van der Waals surface area contributed by atoms with E-state index < -0.39 is 0 Å². The first-order valence-electron chi connectivity index (χ1n) is 7.03. The molecule has 5 nitrogen and oxygen atoms in total. The Morgan fingerprint density at radius 2 is 1.95 bits per heavy atom. The minimum Gasteiger partial charge on any atom is -0.359 e. The smallest absolute Gasteiger partial charge is 0.317 e. The molecule has 122 valence electrons. The predicted molar refractivity (Wildman–Crippen MR) is 91.5 cm³/mol. The molecule has 3 amide bonds. The number of amides is 3. The van der Waals surface area contributed by atoms with Crippen LogP contribution in [0.15, 0.2) is 29.2 Å². The van der Waals surface area contributed by atoms with Crippen LogP contribution in [-0.4, -0.2) is 49.3 Å². The summed E-state index contributed by atoms with van der Waals surface area (Å²) in [6.07, 6.45) is 0.292. The Morgan fingerprint density at radius 1 is 1.32 bits per heavy atom. The van der Waals surface area contributed by atoms with E-state index in [4.69, 9.17) is 11.6 Å². The molecule has 2 N–H and O–H groups in total. The fraction of sp³-hybridized carbons (Fsp3) is 0.467. The summed E-state index contributed by atoms with van der Waals surface area (Å²) >= 11 is 7.47. The molecule has 0 aromatic heterocycles. The van der Waals surface area contributed by atoms with Gasteiger partial charge in [-0.05, 0) is 31.2 Å². The number of benzene rings is 1. The SMILES string of the molecule is CNC(=O)CC(C)N(C)C(=O)NCCSc1ccc(Cl)cc1. The van der Waals surface area contributed by atoms with Gasteiger partial charge >= 0.3 is 6.03 Å². The molecule has 0 saturated heterocycles. The van der Waals surface area contributed by atoms with E-state index in [-0.39, 0.29) is 18.0 Å². The Morgan fingerprint density at radius 3 is 2.55 bits per heavy atom. The summed E-state index contributed by atoms with van der Waals surface area (Å²) in [7, 11) is 3.28. The van der Waals surface area contributed by atoms with Crippen molar-refractivity contribution in [2.24, 2.45) is 0 Å². The van der Waals surface area contributed by atoms with Crippen LogP contribution in [0.1, 0.15) is 13.3 Å². The molecule has 0 heterocycles. The number of carbonyl (C=O) groups excluding carboxylic acids is 2. The highest BCUT2D eigenvalue weighted by Crippen LogP contribution is 2.19. The summed E-state index contributed by atoms with van der Waals surface area (Å²) in [6.45, 7) is 2.40. The molecule has 1 aromatic carbocycles. The number of halogens is 1. The van der Waals surface area contributed by atoms with E-state index in [1.807, 2.05) is 31.2 Å². The maximum absolute atomic E-state index is 12.0. The summed E-state index contributed by atoms with van der Waals surface area (Å²) in [5.74, 6) is 0.691. The Hall–Kier alpha value is -1.40. The summed E-state index contributed by atoms with van der Waals surface area (Å²) in [5.41, 5.74) is 0. The summed E-state index contributed by atoms with van der Waals surface area (Å²) in [5, 5.41) is 6.11. The number of carbonyl (C=O) groups is 2. The van der Waals surface area contributed by atoms with E-state index in [0.717, 1.165) is 10.6 Å². The highest BCUT2D eigenvalue weighted by atomic mass is 35.5. The molecule has 0 saturated carbocycles. The number of nitrogens with zero attached hydrogens (tertiary/aromatic N) is 1. The normalized spacial score (nSPS) is 11.6. The summed E-state index contributed by atoms with van der Waals surface area (Å²) < 4.78 is 0. The van der Waals surface area contributed by atoms with Gasteiger partial charge in [0.1, 0.15) is 0 Å². The summed E-state index contributed by atoms with van der Waals surface area (Å²) in [6, 6.07) is 7.27. The summed E-state index contributed by atoms with van der Waals surface area (Å²) in [4.78, 5) is 25.9. The molecule has 1 unspecified atom stereocenters. The van der Waals surface area contributed by atoms with E-state index in [1.54, 1.807) is 30.8 Å². The maximum Gasteiger partial charge on any atom is 0.317 e. The number of rotatable bonds is 7. The highest BCUT2D eigenvalue weighted by Gasteiger charge is 2.17. The first-order valence-corrected chi connectivity index (χ1v) is 8.40. The third kappa shape index (κ3) is 6.58. The molecule has 0 radical (unpaired) electrons. The van der Waals surface area contributed by atoms with Crippen molar-refractivity contribution < 1.29 is 9.59 Å². The fourth-order valence-electron chi connectivity index (χ4n) is 1.69. The molecule has 0 aliphatic heterocycles. The van der Waals surface area contributed by atoms with Crippen LogP contribution in [0.3, 0.4) is 0 Å². The molecule has 1 atom stereocenters. The second-order valence-corrected chi connectivity index (χ2v) is 6.48. The van der Waals surface area contributed by atoms with Crippen LogP contribution in [-0.2, 0) is 4.79 Å². The third-order valence-corrected chi connectivity index (χ3v) is 4.47. The molecular weight excluding hydrogens is 322 g/mol. The quantitative estimate of drug-likeness (QED) is 0.591. The minimum atomic E-state index is -0.173. The van der Waals surface area contributed by atoms with E-state index in [2.05, 4.69) is 10.6 Å². The van der Waals surface area contributed by atoms with Gasteiger partial charge in [0.15, 0.2) is 0 Å². The van der Waals surface area contributed by atoms with Gasteiger partial charge in [-0.15, -0.1) is 11.8 Å². The number of thioether (sulfide) groups is 1. The van der Waals surface area contributed by atoms with Crippen LogP contribution < -0.4 is 10.6 Å². The fourth-order valence-corrected chi connectivity index (χ4v) is 2.58. The molecular formula is C15H22ClN3O2S. The van der Waals surface area contributed by atoms with Crippen molar-refractivity contribution in [2.45, 2.75) is 24.3 Å². The second kappa shape index (κ2) is 9.58. The van der Waals surface area contributed by atoms with Crippen LogP contribution >= 0.6 is 23.4 Å². The zero-order chi connectivity index (χ0) is 16.5. The van der Waals surface area contributed by atoms with Crippen LogP contribution in [0.5, 0.6) is 0 Å². The average Bonchev–Trinajstić information content (AvgIpc) is 2.51. The van der Waals surface area contributed by atoms with E-state index >= 15 is 0 Å². The van der Waals surface area contributed by atoms with Gasteiger partial charge in [0.05, 0.1) is 0 Å². The third-order valence-electron chi connectivity index (χ3n) is 3.20. The van der Waals surface area contributed by atoms with Gasteiger partial charge in [0.25, 0.3) is 0 Å². The molecule has 0 aliphatic carbocycles. The number of hydrogen-bond acceptors (Lipinski definition) is 3. The molecule has 1 rings (SSSR count). The first kappa shape index (κ1) is 18.6. The van der Waals surface area contributed by atoms with E-state index in [1.165, 1.54) is 0 Å². The lowest BCUT2D eigenvalue weighted by atomic mass is 10.2. The van der Waals surface area contributed by atoms with Gasteiger partial charge in [-0.25, -0.2) is 4.79 Å². The van der Waals surface area contributed by atoms with Gasteiger partial charge in [-0.3, -0.25) is 4.79 Å². The second-order valence-electron chi connectivity index (χ2n) is 4.87. The molecule has 0 bridgehead atoms. The zero-order valence-corrected chi connectivity index (χ0v) is 14.6. The van der Waals surface area contributed by atoms with Crippen molar-refractivity contribution in [1.29, 1.82) is 0 Å². The van der Waals surface area contributed by atoms with Crippen molar-refractivity contribution in [1.82, 2.24) is 15.5 Å².